The van der Waals surface area contributed by atoms with Gasteiger partial charge in [-0.2, -0.15) is 0 Å². The minimum absolute atomic E-state index is 0.119. The van der Waals surface area contributed by atoms with E-state index in [4.69, 9.17) is 0 Å². The van der Waals surface area contributed by atoms with Crippen LogP contribution in [0.2, 0.25) is 0 Å². The first-order valence-electron chi connectivity index (χ1n) is 5.06. The number of aliphatic hydroxyl groups is 1. The minimum Gasteiger partial charge on any atom is -0.391 e. The van der Waals surface area contributed by atoms with Gasteiger partial charge in [0.05, 0.1) is 6.10 Å². The minimum atomic E-state index is -1.27. The fraction of sp³-hybridized carbons (Fsp3) is 0.364. The van der Waals surface area contributed by atoms with Crippen molar-refractivity contribution >= 4 is 5.91 Å². The smallest absolute Gasteiger partial charge is 0.257 e. The predicted molar refractivity (Wildman–Crippen MR) is 54.9 cm³/mol. The van der Waals surface area contributed by atoms with Crippen LogP contribution in [-0.4, -0.2) is 23.7 Å². The van der Waals surface area contributed by atoms with Crippen LogP contribution >= 0.6 is 0 Å². The summed E-state index contributed by atoms with van der Waals surface area (Å²) in [5.74, 6) is -4.66. The van der Waals surface area contributed by atoms with Gasteiger partial charge in [0.2, 0.25) is 0 Å². The first kappa shape index (κ1) is 13.5. The maximum Gasteiger partial charge on any atom is 0.257 e. The second kappa shape index (κ2) is 5.67. The van der Waals surface area contributed by atoms with Gasteiger partial charge in [-0.1, -0.05) is 6.92 Å². The lowest BCUT2D eigenvalue weighted by Gasteiger charge is -2.10. The summed E-state index contributed by atoms with van der Waals surface area (Å²) >= 11 is 0. The highest BCUT2D eigenvalue weighted by Gasteiger charge is 2.19. The number of carbonyl (C=O) groups is 1. The molecule has 0 saturated heterocycles. The number of halogens is 3. The summed E-state index contributed by atoms with van der Waals surface area (Å²) in [7, 11) is 0. The number of hydrogen-bond donors (Lipinski definition) is 2. The molecular formula is C11H12F3NO2. The fourth-order valence-corrected chi connectivity index (χ4v) is 1.20. The molecular weight excluding hydrogens is 235 g/mol. The molecule has 0 radical (unpaired) electrons. The molecule has 0 aliphatic heterocycles. The monoisotopic (exact) mass is 247 g/mol. The lowest BCUT2D eigenvalue weighted by Crippen LogP contribution is -2.32. The van der Waals surface area contributed by atoms with Crippen LogP contribution in [0.15, 0.2) is 12.1 Å². The van der Waals surface area contributed by atoms with Crippen LogP contribution in [0, 0.1) is 17.5 Å². The summed E-state index contributed by atoms with van der Waals surface area (Å²) in [6.07, 6.45) is -0.389. The third kappa shape index (κ3) is 3.45. The molecule has 1 atom stereocenters. The van der Waals surface area contributed by atoms with Gasteiger partial charge >= 0.3 is 0 Å². The summed E-state index contributed by atoms with van der Waals surface area (Å²) in [6, 6.07) is 0.850. The van der Waals surface area contributed by atoms with E-state index in [0.29, 0.717) is 18.6 Å². The third-order valence-corrected chi connectivity index (χ3v) is 2.20. The fourth-order valence-electron chi connectivity index (χ4n) is 1.20. The van der Waals surface area contributed by atoms with Crippen LogP contribution in [0.25, 0.3) is 0 Å². The van der Waals surface area contributed by atoms with E-state index >= 15 is 0 Å². The Morgan fingerprint density at radius 3 is 2.35 bits per heavy atom. The Kier molecular flexibility index (Phi) is 4.51. The lowest BCUT2D eigenvalue weighted by molar-refractivity contribution is 0.0905. The first-order chi connectivity index (χ1) is 7.95. The quantitative estimate of drug-likeness (QED) is 0.849. The van der Waals surface area contributed by atoms with Gasteiger partial charge in [0.15, 0.2) is 0 Å². The van der Waals surface area contributed by atoms with Gasteiger partial charge in [0.25, 0.3) is 5.91 Å². The lowest BCUT2D eigenvalue weighted by atomic mass is 10.1. The zero-order valence-electron chi connectivity index (χ0n) is 9.14. The Morgan fingerprint density at radius 1 is 1.35 bits per heavy atom. The van der Waals surface area contributed by atoms with Crippen LogP contribution in [0.3, 0.4) is 0 Å². The van der Waals surface area contributed by atoms with E-state index in [1.807, 2.05) is 0 Å². The van der Waals surface area contributed by atoms with Crippen molar-refractivity contribution < 1.29 is 23.1 Å². The Morgan fingerprint density at radius 2 is 1.88 bits per heavy atom. The van der Waals surface area contributed by atoms with Crippen molar-refractivity contribution in [2.45, 2.75) is 19.4 Å². The van der Waals surface area contributed by atoms with Crippen molar-refractivity contribution in [3.63, 3.8) is 0 Å². The Hall–Kier alpha value is -1.56. The number of rotatable bonds is 4. The largest absolute Gasteiger partial charge is 0.391 e. The molecule has 0 bridgehead atoms. The molecule has 17 heavy (non-hydrogen) atoms. The summed E-state index contributed by atoms with van der Waals surface area (Å²) in [4.78, 5) is 11.4. The summed E-state index contributed by atoms with van der Waals surface area (Å²) in [6.45, 7) is 1.57. The number of nitrogens with one attached hydrogen (secondary N) is 1. The predicted octanol–water partition coefficient (Wildman–Crippen LogP) is 1.60. The van der Waals surface area contributed by atoms with Crippen molar-refractivity contribution in [3.05, 3.63) is 35.1 Å². The maximum atomic E-state index is 13.2. The standard InChI is InChI=1S/C11H12F3NO2/c1-2-7(16)5-15-11(17)10-8(13)3-6(12)4-9(10)14/h3-4,7,16H,2,5H2,1H3,(H,15,17). The zero-order valence-corrected chi connectivity index (χ0v) is 9.14. The molecule has 0 aliphatic rings. The molecule has 1 aromatic rings. The van der Waals surface area contributed by atoms with Gasteiger partial charge in [0.1, 0.15) is 23.0 Å². The molecule has 2 N–H and O–H groups in total. The van der Waals surface area contributed by atoms with Crippen LogP contribution in [0.4, 0.5) is 13.2 Å². The topological polar surface area (TPSA) is 49.3 Å². The molecule has 94 valence electrons. The maximum absolute atomic E-state index is 13.2. The van der Waals surface area contributed by atoms with Crippen molar-refractivity contribution in [3.8, 4) is 0 Å². The van der Waals surface area contributed by atoms with E-state index in [-0.39, 0.29) is 6.54 Å². The molecule has 0 spiro atoms. The van der Waals surface area contributed by atoms with E-state index in [2.05, 4.69) is 5.32 Å². The summed E-state index contributed by atoms with van der Waals surface area (Å²) in [5.41, 5.74) is -0.852. The van der Waals surface area contributed by atoms with Crippen LogP contribution < -0.4 is 5.32 Å². The van der Waals surface area contributed by atoms with Crippen LogP contribution in [-0.2, 0) is 0 Å². The van der Waals surface area contributed by atoms with Gasteiger partial charge in [0, 0.05) is 18.7 Å². The van der Waals surface area contributed by atoms with E-state index in [1.54, 1.807) is 6.92 Å². The normalized spacial score (nSPS) is 12.3. The van der Waals surface area contributed by atoms with Crippen molar-refractivity contribution in [2.24, 2.45) is 0 Å². The van der Waals surface area contributed by atoms with E-state index < -0.39 is 35.0 Å². The molecule has 1 amide bonds. The highest BCUT2D eigenvalue weighted by atomic mass is 19.1. The second-order valence-corrected chi connectivity index (χ2v) is 3.52. The molecule has 0 saturated carbocycles. The molecule has 0 heterocycles. The van der Waals surface area contributed by atoms with Gasteiger partial charge in [-0.25, -0.2) is 13.2 Å². The second-order valence-electron chi connectivity index (χ2n) is 3.52. The zero-order chi connectivity index (χ0) is 13.0. The number of amides is 1. The summed E-state index contributed by atoms with van der Waals surface area (Å²) < 4.78 is 38.9. The van der Waals surface area contributed by atoms with Crippen LogP contribution in [0.5, 0.6) is 0 Å². The number of aliphatic hydroxyl groups excluding tert-OH is 1. The van der Waals surface area contributed by atoms with Crippen LogP contribution in [0.1, 0.15) is 23.7 Å². The average Bonchev–Trinajstić information content (AvgIpc) is 2.24. The van der Waals surface area contributed by atoms with E-state index in [1.165, 1.54) is 0 Å². The average molecular weight is 247 g/mol. The van der Waals surface area contributed by atoms with Gasteiger partial charge in [-0.05, 0) is 6.42 Å². The number of carbonyl (C=O) groups excluding carboxylic acids is 1. The third-order valence-electron chi connectivity index (χ3n) is 2.20. The highest BCUT2D eigenvalue weighted by molar-refractivity contribution is 5.94. The molecule has 0 aromatic heterocycles. The molecule has 0 fully saturated rings. The Bertz CT molecular complexity index is 400. The van der Waals surface area contributed by atoms with Crippen molar-refractivity contribution in [1.29, 1.82) is 0 Å². The van der Waals surface area contributed by atoms with E-state index in [0.717, 1.165) is 0 Å². The molecule has 0 aliphatic carbocycles. The first-order valence-corrected chi connectivity index (χ1v) is 5.06. The molecule has 6 heteroatoms. The highest BCUT2D eigenvalue weighted by Crippen LogP contribution is 2.14. The SMILES string of the molecule is CCC(O)CNC(=O)c1c(F)cc(F)cc1F. The Balaban J connectivity index is 2.82. The van der Waals surface area contributed by atoms with Gasteiger partial charge in [-0.3, -0.25) is 4.79 Å². The molecule has 1 unspecified atom stereocenters. The molecule has 1 rings (SSSR count). The molecule has 1 aromatic carbocycles. The Labute approximate surface area is 96.3 Å². The summed E-state index contributed by atoms with van der Waals surface area (Å²) in [5, 5.41) is 11.3. The van der Waals surface area contributed by atoms with Gasteiger partial charge in [-0.15, -0.1) is 0 Å². The van der Waals surface area contributed by atoms with E-state index in [9.17, 15) is 23.1 Å². The molecule has 3 nitrogen and oxygen atoms in total. The van der Waals surface area contributed by atoms with Crippen molar-refractivity contribution in [1.82, 2.24) is 5.32 Å². The van der Waals surface area contributed by atoms with Gasteiger partial charge < -0.3 is 10.4 Å². The number of hydrogen-bond acceptors (Lipinski definition) is 2. The van der Waals surface area contributed by atoms with Crippen molar-refractivity contribution in [2.75, 3.05) is 6.54 Å². The number of benzene rings is 1.